The van der Waals surface area contributed by atoms with Gasteiger partial charge in [-0.3, -0.25) is 0 Å². The van der Waals surface area contributed by atoms with Gasteiger partial charge < -0.3 is 19.8 Å². The maximum atomic E-state index is 12.7. The molecule has 2 N–H and O–H groups in total. The van der Waals surface area contributed by atoms with Crippen LogP contribution in [0.4, 0.5) is 24.7 Å². The van der Waals surface area contributed by atoms with E-state index in [0.717, 1.165) is 18.4 Å². The van der Waals surface area contributed by atoms with Gasteiger partial charge in [0, 0.05) is 18.1 Å². The lowest BCUT2D eigenvalue weighted by atomic mass is 10.1. The number of halogens is 3. The van der Waals surface area contributed by atoms with Crippen molar-refractivity contribution in [2.24, 2.45) is 0 Å². The van der Waals surface area contributed by atoms with Crippen LogP contribution in [0.1, 0.15) is 23.8 Å². The molecule has 152 valence electrons. The first-order valence-corrected chi connectivity index (χ1v) is 8.61. The number of rotatable bonds is 8. The Morgan fingerprint density at radius 3 is 2.52 bits per heavy atom. The van der Waals surface area contributed by atoms with Crippen LogP contribution in [0.2, 0.25) is 0 Å². The minimum atomic E-state index is -4.42. The molecule has 0 aliphatic carbocycles. The van der Waals surface area contributed by atoms with Gasteiger partial charge in [-0.2, -0.15) is 13.2 Å². The van der Waals surface area contributed by atoms with E-state index in [4.69, 9.17) is 4.42 Å². The monoisotopic (exact) mass is 406 g/mol. The lowest BCUT2D eigenvalue weighted by Gasteiger charge is -2.10. The fraction of sp³-hybridized carbons (Fsp3) is 0.278. The number of benzene rings is 1. The largest absolute Gasteiger partial charge is 0.418 e. The van der Waals surface area contributed by atoms with E-state index in [2.05, 4.69) is 30.8 Å². The molecule has 0 amide bonds. The highest BCUT2D eigenvalue weighted by Crippen LogP contribution is 2.31. The molecule has 1 aromatic carbocycles. The molecule has 0 aliphatic heterocycles. The van der Waals surface area contributed by atoms with Gasteiger partial charge in [-0.25, -0.2) is 9.97 Å². The molecule has 1 unspecified atom stereocenters. The Morgan fingerprint density at radius 2 is 1.86 bits per heavy atom. The minimum absolute atomic E-state index is 0.0406. The maximum absolute atomic E-state index is 12.7. The zero-order valence-corrected chi connectivity index (χ0v) is 15.3. The van der Waals surface area contributed by atoms with E-state index in [1.54, 1.807) is 7.05 Å². The highest BCUT2D eigenvalue weighted by atomic mass is 19.4. The number of hydrogen-bond acceptors (Lipinski definition) is 8. The Balaban J connectivity index is 1.83. The van der Waals surface area contributed by atoms with Gasteiger partial charge in [-0.05, 0) is 44.3 Å². The minimum Gasteiger partial charge on any atom is -0.418 e. The predicted octanol–water partition coefficient (Wildman–Crippen LogP) is 3.18. The molecule has 0 radical (unpaired) electrons. The molecule has 2 heterocycles. The summed E-state index contributed by atoms with van der Waals surface area (Å²) in [5.41, 5.74) is -0.172. The van der Waals surface area contributed by atoms with Gasteiger partial charge in [0.25, 0.3) is 5.89 Å². The SMILES string of the molecule is CNCCC(C=O)c1nnc(-c2nccnc2Nc2ccc(C(F)(F)F)cc2)o1. The van der Waals surface area contributed by atoms with Crippen LogP contribution in [-0.2, 0) is 11.0 Å². The first-order chi connectivity index (χ1) is 13.9. The van der Waals surface area contributed by atoms with Gasteiger partial charge in [-0.15, -0.1) is 10.2 Å². The molecule has 8 nitrogen and oxygen atoms in total. The molecule has 3 aromatic rings. The van der Waals surface area contributed by atoms with Gasteiger partial charge in [0.15, 0.2) is 11.5 Å². The third kappa shape index (κ3) is 4.93. The normalized spacial score (nSPS) is 12.6. The standard InChI is InChI=1S/C18H17F3N6O2/c1-22-7-6-11(10-28)16-26-27-17(29-16)14-15(24-9-8-23-14)25-13-4-2-12(3-5-13)18(19,20)21/h2-5,8-11,22H,6-7H2,1H3,(H,24,25). The van der Waals surface area contributed by atoms with Crippen LogP contribution in [0.3, 0.4) is 0 Å². The van der Waals surface area contributed by atoms with Crippen molar-refractivity contribution in [3.8, 4) is 11.6 Å². The summed E-state index contributed by atoms with van der Waals surface area (Å²) < 4.78 is 43.7. The van der Waals surface area contributed by atoms with Gasteiger partial charge in [0.1, 0.15) is 6.29 Å². The maximum Gasteiger partial charge on any atom is 0.416 e. The van der Waals surface area contributed by atoms with E-state index in [1.807, 2.05) is 0 Å². The second-order valence-electron chi connectivity index (χ2n) is 6.03. The van der Waals surface area contributed by atoms with E-state index in [1.165, 1.54) is 24.5 Å². The van der Waals surface area contributed by atoms with Crippen molar-refractivity contribution in [1.29, 1.82) is 0 Å². The Labute approximate surface area is 163 Å². The van der Waals surface area contributed by atoms with E-state index in [-0.39, 0.29) is 23.3 Å². The zero-order valence-electron chi connectivity index (χ0n) is 15.3. The zero-order chi connectivity index (χ0) is 20.9. The Hall–Kier alpha value is -3.34. The van der Waals surface area contributed by atoms with Crippen molar-refractivity contribution in [2.75, 3.05) is 18.9 Å². The predicted molar refractivity (Wildman–Crippen MR) is 97.4 cm³/mol. The summed E-state index contributed by atoms with van der Waals surface area (Å²) in [6, 6.07) is 4.47. The molecular formula is C18H17F3N6O2. The number of nitrogens with one attached hydrogen (secondary N) is 2. The Morgan fingerprint density at radius 1 is 1.14 bits per heavy atom. The molecule has 0 aliphatic rings. The van der Waals surface area contributed by atoms with Crippen molar-refractivity contribution in [2.45, 2.75) is 18.5 Å². The van der Waals surface area contributed by atoms with Crippen molar-refractivity contribution in [3.63, 3.8) is 0 Å². The second kappa shape index (κ2) is 8.78. The molecule has 0 saturated carbocycles. The molecule has 1 atom stereocenters. The summed E-state index contributed by atoms with van der Waals surface area (Å²) in [5.74, 6) is -0.151. The lowest BCUT2D eigenvalue weighted by Crippen LogP contribution is -2.13. The molecule has 0 bridgehead atoms. The van der Waals surface area contributed by atoms with E-state index >= 15 is 0 Å². The highest BCUT2D eigenvalue weighted by Gasteiger charge is 2.30. The lowest BCUT2D eigenvalue weighted by molar-refractivity contribution is -0.137. The third-order valence-electron chi connectivity index (χ3n) is 4.00. The fourth-order valence-electron chi connectivity index (χ4n) is 2.49. The third-order valence-corrected chi connectivity index (χ3v) is 4.00. The number of hydrogen-bond donors (Lipinski definition) is 2. The van der Waals surface area contributed by atoms with Crippen LogP contribution in [-0.4, -0.2) is 40.0 Å². The molecule has 0 spiro atoms. The first kappa shape index (κ1) is 20.4. The van der Waals surface area contributed by atoms with Gasteiger partial charge in [0.05, 0.1) is 11.5 Å². The second-order valence-corrected chi connectivity index (χ2v) is 6.03. The molecule has 0 fully saturated rings. The number of carbonyl (C=O) groups excluding carboxylic acids is 1. The summed E-state index contributed by atoms with van der Waals surface area (Å²) in [6.45, 7) is 0.590. The average Bonchev–Trinajstić information content (AvgIpc) is 3.18. The smallest absolute Gasteiger partial charge is 0.416 e. The summed E-state index contributed by atoms with van der Waals surface area (Å²) in [5, 5.41) is 13.7. The van der Waals surface area contributed by atoms with Crippen molar-refractivity contribution < 1.29 is 22.4 Å². The number of alkyl halides is 3. The van der Waals surface area contributed by atoms with Crippen LogP contribution in [0, 0.1) is 0 Å². The fourth-order valence-corrected chi connectivity index (χ4v) is 2.49. The van der Waals surface area contributed by atoms with Gasteiger partial charge >= 0.3 is 6.18 Å². The quantitative estimate of drug-likeness (QED) is 0.550. The van der Waals surface area contributed by atoms with Crippen LogP contribution >= 0.6 is 0 Å². The van der Waals surface area contributed by atoms with Gasteiger partial charge in [0.2, 0.25) is 5.89 Å². The average molecular weight is 406 g/mol. The van der Waals surface area contributed by atoms with E-state index in [0.29, 0.717) is 18.7 Å². The number of nitrogens with zero attached hydrogens (tertiary/aromatic N) is 4. The van der Waals surface area contributed by atoms with Crippen LogP contribution in [0.25, 0.3) is 11.6 Å². The van der Waals surface area contributed by atoms with Crippen molar-refractivity contribution in [3.05, 3.63) is 48.1 Å². The number of aromatic nitrogens is 4. The van der Waals surface area contributed by atoms with E-state index < -0.39 is 17.7 Å². The van der Waals surface area contributed by atoms with E-state index in [9.17, 15) is 18.0 Å². The summed E-state index contributed by atoms with van der Waals surface area (Å²) in [7, 11) is 1.76. The highest BCUT2D eigenvalue weighted by molar-refractivity contribution is 5.70. The van der Waals surface area contributed by atoms with Crippen LogP contribution < -0.4 is 10.6 Å². The molecular weight excluding hydrogens is 389 g/mol. The Bertz CT molecular complexity index is 959. The van der Waals surface area contributed by atoms with Gasteiger partial charge in [-0.1, -0.05) is 0 Å². The first-order valence-electron chi connectivity index (χ1n) is 8.61. The molecule has 2 aromatic heterocycles. The Kier molecular flexibility index (Phi) is 6.17. The summed E-state index contributed by atoms with van der Waals surface area (Å²) in [6.07, 6.45) is -0.381. The van der Waals surface area contributed by atoms with Crippen molar-refractivity contribution >= 4 is 17.8 Å². The molecule has 11 heteroatoms. The topological polar surface area (TPSA) is 106 Å². The van der Waals surface area contributed by atoms with Crippen LogP contribution in [0.15, 0.2) is 41.1 Å². The number of carbonyl (C=O) groups is 1. The molecule has 3 rings (SSSR count). The number of anilines is 2. The number of aldehydes is 1. The summed E-state index contributed by atoms with van der Waals surface area (Å²) >= 11 is 0. The molecule has 0 saturated heterocycles. The molecule has 29 heavy (non-hydrogen) atoms. The summed E-state index contributed by atoms with van der Waals surface area (Å²) in [4.78, 5) is 19.6. The van der Waals surface area contributed by atoms with Crippen LogP contribution in [0.5, 0.6) is 0 Å². The van der Waals surface area contributed by atoms with Crippen molar-refractivity contribution in [1.82, 2.24) is 25.5 Å².